The van der Waals surface area contributed by atoms with Crippen molar-refractivity contribution in [2.45, 2.75) is 18.2 Å². The summed E-state index contributed by atoms with van der Waals surface area (Å²) < 4.78 is 7.58. The summed E-state index contributed by atoms with van der Waals surface area (Å²) in [5.74, 6) is 1.25. The normalized spacial score (nSPS) is 12.2. The average Bonchev–Trinajstić information content (AvgIpc) is 3.32. The first-order chi connectivity index (χ1) is 13.6. The van der Waals surface area contributed by atoms with Crippen LogP contribution in [0.1, 0.15) is 18.8 Å². The van der Waals surface area contributed by atoms with Crippen LogP contribution in [0.4, 0.5) is 0 Å². The molecule has 28 heavy (non-hydrogen) atoms. The van der Waals surface area contributed by atoms with Crippen LogP contribution in [0, 0.1) is 0 Å². The number of aromatic nitrogens is 5. The molecule has 0 spiro atoms. The summed E-state index contributed by atoms with van der Waals surface area (Å²) in [5, 5.41) is 11.3. The molecule has 0 saturated heterocycles. The minimum atomic E-state index is -0.222. The molecule has 8 nitrogen and oxygen atoms in total. The highest BCUT2D eigenvalue weighted by Gasteiger charge is 2.17. The molecule has 0 aliphatic rings. The van der Waals surface area contributed by atoms with E-state index in [1.807, 2.05) is 42.8 Å². The number of imidazole rings is 1. The minimum Gasteiger partial charge on any atom is -0.411 e. The number of aryl methyl sites for hydroxylation is 1. The molecule has 1 N–H and O–H groups in total. The van der Waals surface area contributed by atoms with E-state index in [1.165, 1.54) is 11.8 Å². The van der Waals surface area contributed by atoms with E-state index in [0.29, 0.717) is 11.1 Å². The van der Waals surface area contributed by atoms with Gasteiger partial charge in [-0.1, -0.05) is 23.9 Å². The Balaban J connectivity index is 1.36. The van der Waals surface area contributed by atoms with Crippen molar-refractivity contribution in [1.82, 2.24) is 30.0 Å². The van der Waals surface area contributed by atoms with Crippen LogP contribution >= 0.6 is 11.8 Å². The van der Waals surface area contributed by atoms with Crippen LogP contribution in [0.15, 0.2) is 58.4 Å². The summed E-state index contributed by atoms with van der Waals surface area (Å²) in [6.07, 6.45) is 3.31. The Morgan fingerprint density at radius 1 is 1.21 bits per heavy atom. The van der Waals surface area contributed by atoms with Crippen molar-refractivity contribution in [3.63, 3.8) is 0 Å². The van der Waals surface area contributed by atoms with Crippen molar-refractivity contribution in [2.75, 3.05) is 5.75 Å². The topological polar surface area (TPSA) is 98.7 Å². The lowest BCUT2D eigenvalue weighted by molar-refractivity contribution is -0.119. The maximum absolute atomic E-state index is 12.3. The number of pyridine rings is 1. The second-order valence-electron chi connectivity index (χ2n) is 6.20. The lowest BCUT2D eigenvalue weighted by Gasteiger charge is -2.13. The van der Waals surface area contributed by atoms with E-state index in [-0.39, 0.29) is 17.7 Å². The number of benzene rings is 1. The molecule has 0 radical (unpaired) electrons. The molecule has 0 aliphatic carbocycles. The Morgan fingerprint density at radius 2 is 2.00 bits per heavy atom. The standard InChI is InChI=1S/C19H18N6O2S/c1-12(17-22-14-5-3-4-6-15(14)25(17)2)21-16(26)11-28-19-24-23-18(27-19)13-7-9-20-10-8-13/h3-10,12H,11H2,1-2H3,(H,21,26). The van der Waals surface area contributed by atoms with Crippen LogP contribution in [-0.4, -0.2) is 36.4 Å². The zero-order chi connectivity index (χ0) is 19.5. The monoisotopic (exact) mass is 394 g/mol. The van der Waals surface area contributed by atoms with Gasteiger partial charge in [0.15, 0.2) is 0 Å². The molecule has 9 heteroatoms. The van der Waals surface area contributed by atoms with Crippen LogP contribution in [0.2, 0.25) is 0 Å². The zero-order valence-electron chi connectivity index (χ0n) is 15.4. The minimum absolute atomic E-state index is 0.131. The van der Waals surface area contributed by atoms with Gasteiger partial charge in [0.1, 0.15) is 5.82 Å². The lowest BCUT2D eigenvalue weighted by atomic mass is 10.3. The highest BCUT2D eigenvalue weighted by atomic mass is 32.2. The SMILES string of the molecule is CC(NC(=O)CSc1nnc(-c2ccncc2)o1)c1nc2ccccc2n1C. The summed E-state index contributed by atoms with van der Waals surface area (Å²) in [6.45, 7) is 1.91. The number of carbonyl (C=O) groups excluding carboxylic acids is 1. The van der Waals surface area contributed by atoms with Crippen molar-refractivity contribution in [2.24, 2.45) is 7.05 Å². The van der Waals surface area contributed by atoms with E-state index in [2.05, 4.69) is 25.5 Å². The van der Waals surface area contributed by atoms with Crippen LogP contribution in [0.5, 0.6) is 0 Å². The number of para-hydroxylation sites is 2. The lowest BCUT2D eigenvalue weighted by Crippen LogP contribution is -2.29. The molecule has 0 bridgehead atoms. The second kappa shape index (κ2) is 7.81. The Hall–Kier alpha value is -3.20. The number of carbonyl (C=O) groups is 1. The second-order valence-corrected chi connectivity index (χ2v) is 7.13. The number of rotatable bonds is 6. The van der Waals surface area contributed by atoms with Gasteiger partial charge in [0.05, 0.1) is 22.8 Å². The molecule has 0 aliphatic heterocycles. The number of nitrogens with zero attached hydrogens (tertiary/aromatic N) is 5. The van der Waals surface area contributed by atoms with Crippen molar-refractivity contribution < 1.29 is 9.21 Å². The summed E-state index contributed by atoms with van der Waals surface area (Å²) >= 11 is 1.20. The van der Waals surface area contributed by atoms with Crippen molar-refractivity contribution in [1.29, 1.82) is 0 Å². The Bertz CT molecular complexity index is 1110. The fraction of sp³-hybridized carbons (Fsp3) is 0.211. The molecule has 0 fully saturated rings. The number of nitrogens with one attached hydrogen (secondary N) is 1. The number of thioether (sulfide) groups is 1. The molecule has 1 aromatic carbocycles. The summed E-state index contributed by atoms with van der Waals surface area (Å²) in [6, 6.07) is 11.2. The molecule has 0 saturated carbocycles. The van der Waals surface area contributed by atoms with Crippen molar-refractivity contribution >= 4 is 28.7 Å². The Kier molecular flexibility index (Phi) is 5.07. The van der Waals surface area contributed by atoms with Gasteiger partial charge in [0.2, 0.25) is 11.8 Å². The van der Waals surface area contributed by atoms with Gasteiger partial charge < -0.3 is 14.3 Å². The molecule has 4 aromatic rings. The molecule has 1 amide bonds. The predicted octanol–water partition coefficient (Wildman–Crippen LogP) is 2.99. The molecular formula is C19H18N6O2S. The molecular weight excluding hydrogens is 376 g/mol. The van der Waals surface area contributed by atoms with Gasteiger partial charge in [-0.15, -0.1) is 10.2 Å². The number of hydrogen-bond acceptors (Lipinski definition) is 7. The molecule has 1 unspecified atom stereocenters. The van der Waals surface area contributed by atoms with Crippen LogP contribution in [-0.2, 0) is 11.8 Å². The first-order valence-corrected chi connectivity index (χ1v) is 9.68. The summed E-state index contributed by atoms with van der Waals surface area (Å²) in [5.41, 5.74) is 2.72. The van der Waals surface area contributed by atoms with E-state index in [1.54, 1.807) is 24.5 Å². The molecule has 1 atom stereocenters. The number of hydrogen-bond donors (Lipinski definition) is 1. The Labute approximate surface area is 165 Å². The van der Waals surface area contributed by atoms with Crippen LogP contribution < -0.4 is 5.32 Å². The fourth-order valence-electron chi connectivity index (χ4n) is 2.91. The first kappa shape index (κ1) is 18.2. The van der Waals surface area contributed by atoms with Gasteiger partial charge in [0.25, 0.3) is 5.22 Å². The first-order valence-electron chi connectivity index (χ1n) is 8.69. The summed E-state index contributed by atoms with van der Waals surface area (Å²) in [7, 11) is 1.95. The third kappa shape index (κ3) is 3.74. The molecule has 3 aromatic heterocycles. The fourth-order valence-corrected chi connectivity index (χ4v) is 3.48. The van der Waals surface area contributed by atoms with Gasteiger partial charge in [-0.3, -0.25) is 9.78 Å². The average molecular weight is 394 g/mol. The van der Waals surface area contributed by atoms with Crippen LogP contribution in [0.3, 0.4) is 0 Å². The summed E-state index contributed by atoms with van der Waals surface area (Å²) in [4.78, 5) is 20.9. The van der Waals surface area contributed by atoms with Gasteiger partial charge in [-0.05, 0) is 31.2 Å². The van der Waals surface area contributed by atoms with Gasteiger partial charge >= 0.3 is 0 Å². The van der Waals surface area contributed by atoms with Gasteiger partial charge in [-0.2, -0.15) is 0 Å². The van der Waals surface area contributed by atoms with E-state index in [4.69, 9.17) is 4.42 Å². The Morgan fingerprint density at radius 3 is 2.79 bits per heavy atom. The molecule has 4 rings (SSSR count). The van der Waals surface area contributed by atoms with Crippen molar-refractivity contribution in [3.8, 4) is 11.5 Å². The zero-order valence-corrected chi connectivity index (χ0v) is 16.2. The smallest absolute Gasteiger partial charge is 0.277 e. The van der Waals surface area contributed by atoms with Gasteiger partial charge in [0, 0.05) is 25.0 Å². The molecule has 3 heterocycles. The number of fused-ring (bicyclic) bond motifs is 1. The van der Waals surface area contributed by atoms with E-state index in [0.717, 1.165) is 22.4 Å². The van der Waals surface area contributed by atoms with E-state index < -0.39 is 0 Å². The predicted molar refractivity (Wildman–Crippen MR) is 106 cm³/mol. The maximum Gasteiger partial charge on any atom is 0.277 e. The third-order valence-electron chi connectivity index (χ3n) is 4.25. The highest BCUT2D eigenvalue weighted by Crippen LogP contribution is 2.23. The van der Waals surface area contributed by atoms with Crippen molar-refractivity contribution in [3.05, 3.63) is 54.6 Å². The third-order valence-corrected chi connectivity index (χ3v) is 5.07. The van der Waals surface area contributed by atoms with Gasteiger partial charge in [-0.25, -0.2) is 4.98 Å². The van der Waals surface area contributed by atoms with E-state index in [9.17, 15) is 4.79 Å². The van der Waals surface area contributed by atoms with E-state index >= 15 is 0 Å². The number of amides is 1. The highest BCUT2D eigenvalue weighted by molar-refractivity contribution is 7.99. The maximum atomic E-state index is 12.3. The van der Waals surface area contributed by atoms with Crippen LogP contribution in [0.25, 0.3) is 22.5 Å². The largest absolute Gasteiger partial charge is 0.411 e. The molecule has 142 valence electrons. The quantitative estimate of drug-likeness (QED) is 0.502.